The van der Waals surface area contributed by atoms with Crippen LogP contribution in [0.1, 0.15) is 80.9 Å². The quantitative estimate of drug-likeness (QED) is 0.155. The minimum absolute atomic E-state index is 0.0711. The number of carbonyl (C=O) groups is 2. The zero-order valence-electron chi connectivity index (χ0n) is 29.1. The topological polar surface area (TPSA) is 131 Å². The summed E-state index contributed by atoms with van der Waals surface area (Å²) in [5, 5.41) is 10.9. The van der Waals surface area contributed by atoms with Crippen LogP contribution in [0.3, 0.4) is 0 Å². The van der Waals surface area contributed by atoms with E-state index in [0.29, 0.717) is 41.3 Å². The van der Waals surface area contributed by atoms with Gasteiger partial charge < -0.3 is 35.1 Å². The van der Waals surface area contributed by atoms with E-state index in [2.05, 4.69) is 33.1 Å². The van der Waals surface area contributed by atoms with E-state index in [1.165, 1.54) is 17.9 Å². The molecule has 0 saturated carbocycles. The first-order chi connectivity index (χ1) is 23.7. The predicted molar refractivity (Wildman–Crippen MR) is 192 cm³/mol. The summed E-state index contributed by atoms with van der Waals surface area (Å²) < 4.78 is 17.3. The number of aromatic nitrogens is 1. The molecule has 4 N–H and O–H groups in total. The van der Waals surface area contributed by atoms with Crippen molar-refractivity contribution in [2.45, 2.75) is 77.4 Å². The van der Waals surface area contributed by atoms with Crippen molar-refractivity contribution in [1.82, 2.24) is 15.6 Å². The Balaban J connectivity index is 1.40. The Hall–Kier alpha value is -4.99. The molecule has 0 bridgehead atoms. The molecule has 10 heteroatoms. The first-order valence-corrected chi connectivity index (χ1v) is 17.1. The number of amides is 2. The number of fused-ring (bicyclic) bond motifs is 6. The van der Waals surface area contributed by atoms with E-state index < -0.39 is 12.1 Å². The first kappa shape index (κ1) is 33.9. The molecule has 0 aliphatic heterocycles. The van der Waals surface area contributed by atoms with E-state index >= 15 is 0 Å². The maximum atomic E-state index is 14.1. The smallest absolute Gasteiger partial charge is 0.243 e. The molecular weight excluding hydrogens is 620 g/mol. The van der Waals surface area contributed by atoms with Crippen molar-refractivity contribution in [3.8, 4) is 28.4 Å². The lowest BCUT2D eigenvalue weighted by Gasteiger charge is -2.29. The van der Waals surface area contributed by atoms with Crippen molar-refractivity contribution in [1.29, 1.82) is 0 Å². The Kier molecular flexibility index (Phi) is 9.85. The Morgan fingerprint density at radius 3 is 2.43 bits per heavy atom. The number of H-pyrrole nitrogens is 1. The lowest BCUT2D eigenvalue weighted by molar-refractivity contribution is -0.123. The van der Waals surface area contributed by atoms with Gasteiger partial charge in [-0.1, -0.05) is 44.5 Å². The summed E-state index contributed by atoms with van der Waals surface area (Å²) >= 11 is 0. The highest BCUT2D eigenvalue weighted by Crippen LogP contribution is 2.50. The summed E-state index contributed by atoms with van der Waals surface area (Å²) in [7, 11) is 4.70. The molecular formula is C39H46N4O6. The molecule has 1 unspecified atom stereocenters. The number of anilines is 1. The summed E-state index contributed by atoms with van der Waals surface area (Å²) in [6.07, 6.45) is 4.66. The van der Waals surface area contributed by atoms with Crippen LogP contribution < -0.4 is 35.6 Å². The number of hydrogen-bond donors (Lipinski definition) is 4. The van der Waals surface area contributed by atoms with E-state index in [4.69, 9.17) is 14.2 Å². The third-order valence-electron chi connectivity index (χ3n) is 10.2. The van der Waals surface area contributed by atoms with Crippen molar-refractivity contribution in [2.24, 2.45) is 5.92 Å². The van der Waals surface area contributed by atoms with E-state index in [-0.39, 0.29) is 29.2 Å². The highest BCUT2D eigenvalue weighted by molar-refractivity contribution is 5.88. The molecule has 0 spiro atoms. The van der Waals surface area contributed by atoms with Crippen LogP contribution in [0.15, 0.2) is 53.3 Å². The highest BCUT2D eigenvalue weighted by Gasteiger charge is 2.32. The third-order valence-corrected chi connectivity index (χ3v) is 10.2. The Morgan fingerprint density at radius 2 is 1.71 bits per heavy atom. The lowest BCUT2D eigenvalue weighted by atomic mass is 9.90. The second kappa shape index (κ2) is 14.2. The average molecular weight is 667 g/mol. The highest BCUT2D eigenvalue weighted by atomic mass is 16.5. The summed E-state index contributed by atoms with van der Waals surface area (Å²) in [5.41, 5.74) is 6.52. The lowest BCUT2D eigenvalue weighted by Crippen LogP contribution is -2.46. The summed E-state index contributed by atoms with van der Waals surface area (Å²) in [6, 6.07) is 14.1. The minimum atomic E-state index is -0.660. The second-order valence-corrected chi connectivity index (χ2v) is 13.1. The zero-order valence-corrected chi connectivity index (χ0v) is 29.1. The Bertz CT molecular complexity index is 1950. The Morgan fingerprint density at radius 1 is 0.939 bits per heavy atom. The molecule has 4 atom stereocenters. The van der Waals surface area contributed by atoms with Gasteiger partial charge in [0.2, 0.25) is 23.0 Å². The Labute approximate surface area is 286 Å². The number of benzene rings is 2. The third kappa shape index (κ3) is 6.44. The van der Waals surface area contributed by atoms with E-state index in [1.54, 1.807) is 33.5 Å². The van der Waals surface area contributed by atoms with Crippen LogP contribution in [0.5, 0.6) is 17.2 Å². The van der Waals surface area contributed by atoms with Crippen molar-refractivity contribution in [3.05, 3.63) is 81.1 Å². The van der Waals surface area contributed by atoms with Crippen LogP contribution in [0.4, 0.5) is 5.69 Å². The fourth-order valence-electron chi connectivity index (χ4n) is 7.52. The maximum Gasteiger partial charge on any atom is 0.243 e. The number of methoxy groups -OCH3 is 3. The molecule has 1 aromatic heterocycles. The standard InChI is InChI=1S/C39H46N4O6/c1-7-21(2)35(39(46)43-31-14-10-12-26-24-11-8-9-13-28(24)41-36(26)31)42-30-18-16-25-27(20-32(30)45)29(40-22(3)44)17-15-23-19-33(47-4)37(48-5)38(49-6)34(23)25/h8-9,11,13,16,18-21,29,31,35,41H,7,10,12,14-15,17H2,1-6H3,(H,40,44)(H,42,45)(H,43,46)/t21-,29+,31?,35+/m1/s1. The molecule has 0 fully saturated rings. The molecule has 0 saturated heterocycles. The van der Waals surface area contributed by atoms with Crippen LogP contribution >= 0.6 is 0 Å². The largest absolute Gasteiger partial charge is 0.493 e. The van der Waals surface area contributed by atoms with E-state index in [0.717, 1.165) is 53.6 Å². The number of hydrogen-bond acceptors (Lipinski definition) is 7. The second-order valence-electron chi connectivity index (χ2n) is 13.1. The molecule has 258 valence electrons. The number of para-hydroxylation sites is 1. The molecule has 2 aliphatic rings. The van der Waals surface area contributed by atoms with Crippen molar-refractivity contribution in [3.63, 3.8) is 0 Å². The molecule has 2 aliphatic carbocycles. The zero-order chi connectivity index (χ0) is 34.8. The molecule has 6 rings (SSSR count). The van der Waals surface area contributed by atoms with Gasteiger partial charge in [0, 0.05) is 29.1 Å². The number of ether oxygens (including phenoxy) is 3. The van der Waals surface area contributed by atoms with Gasteiger partial charge in [-0.25, -0.2) is 0 Å². The molecule has 49 heavy (non-hydrogen) atoms. The van der Waals surface area contributed by atoms with Gasteiger partial charge in [0.25, 0.3) is 0 Å². The van der Waals surface area contributed by atoms with E-state index in [9.17, 15) is 14.4 Å². The van der Waals surface area contributed by atoms with Crippen LogP contribution in [-0.4, -0.2) is 44.2 Å². The van der Waals surface area contributed by atoms with Gasteiger partial charge in [0.1, 0.15) is 6.04 Å². The molecule has 3 aromatic carbocycles. The van der Waals surface area contributed by atoms with Gasteiger partial charge >= 0.3 is 0 Å². The van der Waals surface area contributed by atoms with Crippen molar-refractivity contribution >= 4 is 28.4 Å². The first-order valence-electron chi connectivity index (χ1n) is 17.1. The van der Waals surface area contributed by atoms with Crippen molar-refractivity contribution < 1.29 is 23.8 Å². The van der Waals surface area contributed by atoms with Crippen LogP contribution in [0.25, 0.3) is 22.0 Å². The van der Waals surface area contributed by atoms with Crippen LogP contribution in [-0.2, 0) is 22.4 Å². The van der Waals surface area contributed by atoms with Gasteiger partial charge in [-0.15, -0.1) is 0 Å². The SMILES string of the molecule is CC[C@@H](C)[C@H](Nc1ccc2c(cc1=O)[C@@H](NC(C)=O)CCc1cc(OC)c(OC)c(OC)c1-2)C(=O)NC1CCCc2c1[nH]c1ccccc21. The summed E-state index contributed by atoms with van der Waals surface area (Å²) in [5.74, 6) is 1.03. The van der Waals surface area contributed by atoms with Gasteiger partial charge in [-0.05, 0) is 84.5 Å². The number of aryl methyl sites for hydroxylation is 2. The van der Waals surface area contributed by atoms with Gasteiger partial charge in [-0.2, -0.15) is 0 Å². The van der Waals surface area contributed by atoms with Crippen LogP contribution in [0.2, 0.25) is 0 Å². The monoisotopic (exact) mass is 666 g/mol. The number of carbonyl (C=O) groups excluding carboxylic acids is 2. The minimum Gasteiger partial charge on any atom is -0.493 e. The van der Waals surface area contributed by atoms with Gasteiger partial charge in [0.05, 0.1) is 39.1 Å². The molecule has 10 nitrogen and oxygen atoms in total. The summed E-state index contributed by atoms with van der Waals surface area (Å²) in [4.78, 5) is 44.1. The van der Waals surface area contributed by atoms with E-state index in [1.807, 2.05) is 38.1 Å². The normalized spacial score (nSPS) is 17.8. The van der Waals surface area contributed by atoms with Crippen LogP contribution in [0, 0.1) is 5.92 Å². The molecule has 2 amide bonds. The maximum absolute atomic E-state index is 14.1. The number of aromatic amines is 1. The molecule has 0 radical (unpaired) electrons. The number of rotatable bonds is 10. The van der Waals surface area contributed by atoms with Crippen molar-refractivity contribution in [2.75, 3.05) is 26.6 Å². The average Bonchev–Trinajstić information content (AvgIpc) is 3.33. The van der Waals surface area contributed by atoms with Gasteiger partial charge in [0.15, 0.2) is 11.5 Å². The summed E-state index contributed by atoms with van der Waals surface area (Å²) in [6.45, 7) is 5.53. The molecule has 1 heterocycles. The fourth-order valence-corrected chi connectivity index (χ4v) is 7.52. The fraction of sp³-hybridized carbons (Fsp3) is 0.410. The predicted octanol–water partition coefficient (Wildman–Crippen LogP) is 6.36. The number of nitrogens with one attached hydrogen (secondary N) is 4. The van der Waals surface area contributed by atoms with Gasteiger partial charge in [-0.3, -0.25) is 14.4 Å². The molecule has 4 aromatic rings.